The van der Waals surface area contributed by atoms with Gasteiger partial charge in [-0.1, -0.05) is 29.6 Å². The monoisotopic (exact) mass is 455 g/mol. The molecule has 0 bridgehead atoms. The van der Waals surface area contributed by atoms with E-state index in [4.69, 9.17) is 23.2 Å². The highest BCUT2D eigenvalue weighted by Gasteiger charge is 2.29. The van der Waals surface area contributed by atoms with Gasteiger partial charge in [0.25, 0.3) is 5.91 Å². The molecule has 1 N–H and O–H groups in total. The van der Waals surface area contributed by atoms with E-state index in [9.17, 15) is 13.2 Å². The first-order valence-electron chi connectivity index (χ1n) is 9.28. The summed E-state index contributed by atoms with van der Waals surface area (Å²) in [5.41, 5.74) is 1.51. The van der Waals surface area contributed by atoms with E-state index in [0.717, 1.165) is 24.9 Å². The molecule has 9 heteroatoms. The van der Waals surface area contributed by atoms with E-state index in [1.54, 1.807) is 18.2 Å². The van der Waals surface area contributed by atoms with Gasteiger partial charge in [-0.15, -0.1) is 0 Å². The molecule has 1 amide bonds. The number of halogens is 2. The Balaban J connectivity index is 1.92. The molecule has 3 rings (SSSR count). The predicted molar refractivity (Wildman–Crippen MR) is 118 cm³/mol. The molecule has 0 spiro atoms. The molecule has 0 radical (unpaired) electrons. The maximum absolute atomic E-state index is 13.0. The number of rotatable bonds is 5. The Bertz CT molecular complexity index is 1020. The number of hydrogen-bond donors (Lipinski definition) is 1. The minimum atomic E-state index is -3.76. The Morgan fingerprint density at radius 3 is 2.38 bits per heavy atom. The lowest BCUT2D eigenvalue weighted by Crippen LogP contribution is -2.35. The molecule has 0 saturated carbocycles. The normalized spacial score (nSPS) is 15.2. The molecule has 1 aliphatic heterocycles. The summed E-state index contributed by atoms with van der Waals surface area (Å²) in [4.78, 5) is 14.6. The fourth-order valence-electron chi connectivity index (χ4n) is 3.28. The maximum atomic E-state index is 13.0. The Hall–Kier alpha value is -1.80. The number of nitrogens with one attached hydrogen (secondary N) is 1. The Labute approximate surface area is 181 Å². The van der Waals surface area contributed by atoms with E-state index in [1.165, 1.54) is 22.5 Å². The first-order chi connectivity index (χ1) is 13.7. The van der Waals surface area contributed by atoms with Crippen molar-refractivity contribution in [3.63, 3.8) is 0 Å². The van der Waals surface area contributed by atoms with Gasteiger partial charge in [-0.25, -0.2) is 8.42 Å². The Morgan fingerprint density at radius 1 is 1.03 bits per heavy atom. The van der Waals surface area contributed by atoms with Crippen molar-refractivity contribution < 1.29 is 13.2 Å². The lowest BCUT2D eigenvalue weighted by molar-refractivity contribution is 0.102. The highest BCUT2D eigenvalue weighted by atomic mass is 35.5. The van der Waals surface area contributed by atoms with Crippen LogP contribution >= 0.6 is 23.2 Å². The molecular formula is C20H23Cl2N3O3S. The standard InChI is InChI=1S/C20H23Cl2N3O3S/c1-24(2)18-9-7-15(21)13-17(18)23-20(26)14-6-8-16(22)19(12-14)29(27,28)25-10-4-3-5-11-25/h6-9,12-13H,3-5,10-11H2,1-2H3,(H,23,26). The summed E-state index contributed by atoms with van der Waals surface area (Å²) in [6, 6.07) is 9.46. The van der Waals surface area contributed by atoms with Crippen molar-refractivity contribution in [1.82, 2.24) is 4.31 Å². The fourth-order valence-corrected chi connectivity index (χ4v) is 5.47. The van der Waals surface area contributed by atoms with E-state index < -0.39 is 15.9 Å². The van der Waals surface area contributed by atoms with E-state index >= 15 is 0 Å². The van der Waals surface area contributed by atoms with Gasteiger partial charge < -0.3 is 10.2 Å². The summed E-state index contributed by atoms with van der Waals surface area (Å²) in [5, 5.41) is 3.39. The van der Waals surface area contributed by atoms with Gasteiger partial charge in [-0.2, -0.15) is 4.31 Å². The molecule has 156 valence electrons. The largest absolute Gasteiger partial charge is 0.376 e. The van der Waals surface area contributed by atoms with Gasteiger partial charge in [0.1, 0.15) is 4.90 Å². The van der Waals surface area contributed by atoms with E-state index in [-0.39, 0.29) is 15.5 Å². The van der Waals surface area contributed by atoms with Crippen LogP contribution in [0.25, 0.3) is 0 Å². The molecule has 0 aromatic heterocycles. The third kappa shape index (κ3) is 4.86. The van der Waals surface area contributed by atoms with Crippen molar-refractivity contribution in [1.29, 1.82) is 0 Å². The second-order valence-corrected chi connectivity index (χ2v) is 9.87. The minimum Gasteiger partial charge on any atom is -0.376 e. The number of carbonyl (C=O) groups is 1. The van der Waals surface area contributed by atoms with Crippen molar-refractivity contribution in [2.24, 2.45) is 0 Å². The molecule has 0 atom stereocenters. The first-order valence-corrected chi connectivity index (χ1v) is 11.5. The number of anilines is 2. The summed E-state index contributed by atoms with van der Waals surface area (Å²) in [5.74, 6) is -0.442. The van der Waals surface area contributed by atoms with Crippen LogP contribution in [0.3, 0.4) is 0 Å². The van der Waals surface area contributed by atoms with Crippen molar-refractivity contribution >= 4 is 50.5 Å². The fraction of sp³-hybridized carbons (Fsp3) is 0.350. The number of sulfonamides is 1. The van der Waals surface area contributed by atoms with Gasteiger partial charge in [0, 0.05) is 37.8 Å². The number of nitrogens with zero attached hydrogens (tertiary/aromatic N) is 2. The molecule has 1 aliphatic rings. The second kappa shape index (κ2) is 8.92. The van der Waals surface area contributed by atoms with Crippen LogP contribution in [-0.2, 0) is 10.0 Å². The average Bonchev–Trinajstić information content (AvgIpc) is 2.68. The SMILES string of the molecule is CN(C)c1ccc(Cl)cc1NC(=O)c1ccc(Cl)c(S(=O)(=O)N2CCCCC2)c1. The number of amides is 1. The molecule has 6 nitrogen and oxygen atoms in total. The molecule has 29 heavy (non-hydrogen) atoms. The van der Waals surface area contributed by atoms with Crippen LogP contribution in [0.2, 0.25) is 10.0 Å². The van der Waals surface area contributed by atoms with Gasteiger partial charge >= 0.3 is 0 Å². The van der Waals surface area contributed by atoms with Crippen LogP contribution in [0.15, 0.2) is 41.3 Å². The van der Waals surface area contributed by atoms with Crippen LogP contribution in [0.1, 0.15) is 29.6 Å². The number of carbonyl (C=O) groups excluding carboxylic acids is 1. The lowest BCUT2D eigenvalue weighted by Gasteiger charge is -2.26. The maximum Gasteiger partial charge on any atom is 0.255 e. The molecule has 1 fully saturated rings. The van der Waals surface area contributed by atoms with Crippen molar-refractivity contribution in [3.8, 4) is 0 Å². The molecule has 1 saturated heterocycles. The number of hydrogen-bond acceptors (Lipinski definition) is 4. The van der Waals surface area contributed by atoms with Crippen LogP contribution in [0.5, 0.6) is 0 Å². The molecule has 0 unspecified atom stereocenters. The minimum absolute atomic E-state index is 0.0485. The zero-order chi connectivity index (χ0) is 21.2. The molecule has 2 aromatic carbocycles. The average molecular weight is 456 g/mol. The Morgan fingerprint density at radius 2 is 1.72 bits per heavy atom. The molecule has 1 heterocycles. The van der Waals surface area contributed by atoms with Crippen molar-refractivity contribution in [2.45, 2.75) is 24.2 Å². The van der Waals surface area contributed by atoms with E-state index in [0.29, 0.717) is 23.8 Å². The third-order valence-electron chi connectivity index (χ3n) is 4.81. The van der Waals surface area contributed by atoms with Gasteiger partial charge in [0.05, 0.1) is 16.4 Å². The topological polar surface area (TPSA) is 69.7 Å². The summed E-state index contributed by atoms with van der Waals surface area (Å²) in [6.07, 6.45) is 2.65. The summed E-state index contributed by atoms with van der Waals surface area (Å²) >= 11 is 12.3. The van der Waals surface area contributed by atoms with Gasteiger partial charge in [-0.3, -0.25) is 4.79 Å². The quantitative estimate of drug-likeness (QED) is 0.720. The van der Waals surface area contributed by atoms with Crippen LogP contribution in [-0.4, -0.2) is 45.8 Å². The predicted octanol–water partition coefficient (Wildman–Crippen LogP) is 4.49. The summed E-state index contributed by atoms with van der Waals surface area (Å²) < 4.78 is 27.5. The van der Waals surface area contributed by atoms with Crippen molar-refractivity contribution in [3.05, 3.63) is 52.0 Å². The van der Waals surface area contributed by atoms with E-state index in [2.05, 4.69) is 5.32 Å². The van der Waals surface area contributed by atoms with E-state index in [1.807, 2.05) is 19.0 Å². The highest BCUT2D eigenvalue weighted by molar-refractivity contribution is 7.89. The Kier molecular flexibility index (Phi) is 6.73. The summed E-state index contributed by atoms with van der Waals surface area (Å²) in [7, 11) is -0.0545. The third-order valence-corrected chi connectivity index (χ3v) is 7.43. The van der Waals surface area contributed by atoms with Gasteiger partial charge in [-0.05, 0) is 49.2 Å². The molecular weight excluding hydrogens is 433 g/mol. The van der Waals surface area contributed by atoms with Gasteiger partial charge in [0.2, 0.25) is 10.0 Å². The van der Waals surface area contributed by atoms with Crippen LogP contribution in [0.4, 0.5) is 11.4 Å². The second-order valence-electron chi connectivity index (χ2n) is 7.12. The van der Waals surface area contributed by atoms with Crippen LogP contribution in [0, 0.1) is 0 Å². The number of benzene rings is 2. The molecule has 2 aromatic rings. The summed E-state index contributed by atoms with van der Waals surface area (Å²) in [6.45, 7) is 0.924. The van der Waals surface area contributed by atoms with Gasteiger partial charge in [0.15, 0.2) is 0 Å². The smallest absolute Gasteiger partial charge is 0.255 e. The first kappa shape index (κ1) is 21.9. The molecule has 0 aliphatic carbocycles. The highest BCUT2D eigenvalue weighted by Crippen LogP contribution is 2.30. The lowest BCUT2D eigenvalue weighted by atomic mass is 10.2. The zero-order valence-electron chi connectivity index (χ0n) is 16.3. The van der Waals surface area contributed by atoms with Crippen LogP contribution < -0.4 is 10.2 Å². The number of piperidine rings is 1. The zero-order valence-corrected chi connectivity index (χ0v) is 18.6. The van der Waals surface area contributed by atoms with Crippen molar-refractivity contribution in [2.75, 3.05) is 37.4 Å².